The fraction of sp³-hybridized carbons (Fsp3) is 0. The molecule has 1 aromatic carbocycles. The molecule has 0 atom stereocenters. The van der Waals surface area contributed by atoms with Crippen molar-refractivity contribution in [3.8, 4) is 11.1 Å². The second kappa shape index (κ2) is 4.60. The number of H-pyrrole nitrogens is 2. The van der Waals surface area contributed by atoms with Crippen molar-refractivity contribution >= 4 is 34.9 Å². The van der Waals surface area contributed by atoms with E-state index in [-0.39, 0.29) is 10.3 Å². The number of hydrogen-bond acceptors (Lipinski definition) is 3. The van der Waals surface area contributed by atoms with Crippen molar-refractivity contribution in [1.29, 1.82) is 0 Å². The Morgan fingerprint density at radius 2 is 1.84 bits per heavy atom. The van der Waals surface area contributed by atoms with Crippen molar-refractivity contribution in [3.63, 3.8) is 0 Å². The zero-order valence-electron chi connectivity index (χ0n) is 9.61. The van der Waals surface area contributed by atoms with Crippen molar-refractivity contribution in [2.45, 2.75) is 0 Å². The minimum atomic E-state index is -0.253. The van der Waals surface area contributed by atoms with E-state index < -0.39 is 0 Å². The maximum atomic E-state index is 12.1. The van der Waals surface area contributed by atoms with Gasteiger partial charge in [0.05, 0.1) is 5.39 Å². The lowest BCUT2D eigenvalue weighted by Gasteiger charge is -2.05. The molecule has 2 aromatic heterocycles. The third-order valence-corrected chi connectivity index (χ3v) is 3.25. The minimum absolute atomic E-state index is 0.253. The van der Waals surface area contributed by atoms with Crippen LogP contribution >= 0.6 is 23.8 Å². The van der Waals surface area contributed by atoms with Gasteiger partial charge in [-0.15, -0.1) is 0 Å². The van der Waals surface area contributed by atoms with Gasteiger partial charge in [-0.1, -0.05) is 23.7 Å². The second-order valence-corrected chi connectivity index (χ2v) is 4.84. The number of pyridine rings is 1. The van der Waals surface area contributed by atoms with Crippen LogP contribution in [0.5, 0.6) is 0 Å². The van der Waals surface area contributed by atoms with Gasteiger partial charge < -0.3 is 4.98 Å². The summed E-state index contributed by atoms with van der Waals surface area (Å²) in [5.74, 6) is 0. The van der Waals surface area contributed by atoms with Crippen LogP contribution in [-0.2, 0) is 0 Å². The number of hydrogen-bond donors (Lipinski definition) is 2. The first-order valence-corrected chi connectivity index (χ1v) is 6.31. The van der Waals surface area contributed by atoms with E-state index in [2.05, 4.69) is 15.0 Å². The Hall–Kier alpha value is -1.98. The summed E-state index contributed by atoms with van der Waals surface area (Å²) in [6.07, 6.45) is 1.64. The van der Waals surface area contributed by atoms with E-state index in [1.54, 1.807) is 24.4 Å². The smallest absolute Gasteiger partial charge is 0.261 e. The Balaban J connectivity index is 2.39. The zero-order chi connectivity index (χ0) is 13.4. The van der Waals surface area contributed by atoms with Crippen LogP contribution < -0.4 is 5.56 Å². The molecule has 94 valence electrons. The van der Waals surface area contributed by atoms with Crippen LogP contribution in [-0.4, -0.2) is 15.0 Å². The molecule has 0 aliphatic rings. The first kappa shape index (κ1) is 12.1. The molecule has 6 heteroatoms. The lowest BCUT2D eigenvalue weighted by atomic mass is 10.0. The first-order valence-electron chi connectivity index (χ1n) is 5.52. The lowest BCUT2D eigenvalue weighted by Crippen LogP contribution is -2.09. The molecule has 2 heterocycles. The van der Waals surface area contributed by atoms with Gasteiger partial charge in [0, 0.05) is 11.2 Å². The molecule has 0 aliphatic carbocycles. The van der Waals surface area contributed by atoms with Gasteiger partial charge in [0.25, 0.3) is 5.56 Å². The van der Waals surface area contributed by atoms with Crippen LogP contribution in [0, 0.1) is 4.77 Å². The summed E-state index contributed by atoms with van der Waals surface area (Å²) >= 11 is 10.8. The predicted molar refractivity (Wildman–Crippen MR) is 78.0 cm³/mol. The molecule has 0 fully saturated rings. The van der Waals surface area contributed by atoms with E-state index >= 15 is 0 Å². The number of nitrogens with one attached hydrogen (secondary N) is 2. The van der Waals surface area contributed by atoms with Gasteiger partial charge in [0.1, 0.15) is 5.65 Å². The highest BCUT2D eigenvalue weighted by Crippen LogP contribution is 2.25. The maximum absolute atomic E-state index is 12.1. The fourth-order valence-corrected chi connectivity index (χ4v) is 2.28. The molecular formula is C13H8ClN3OS. The summed E-state index contributed by atoms with van der Waals surface area (Å²) in [6.45, 7) is 0. The van der Waals surface area contributed by atoms with Crippen molar-refractivity contribution in [3.05, 3.63) is 56.7 Å². The van der Waals surface area contributed by atoms with Crippen molar-refractivity contribution in [2.75, 3.05) is 0 Å². The first-order chi connectivity index (χ1) is 9.15. The monoisotopic (exact) mass is 289 g/mol. The highest BCUT2D eigenvalue weighted by Gasteiger charge is 2.08. The Morgan fingerprint density at radius 3 is 2.58 bits per heavy atom. The van der Waals surface area contributed by atoms with Crippen LogP contribution in [0.1, 0.15) is 0 Å². The fourth-order valence-electron chi connectivity index (χ4n) is 1.96. The average molecular weight is 290 g/mol. The molecule has 19 heavy (non-hydrogen) atoms. The molecule has 0 radical (unpaired) electrons. The van der Waals surface area contributed by atoms with Crippen molar-refractivity contribution in [2.24, 2.45) is 0 Å². The molecule has 0 amide bonds. The van der Waals surface area contributed by atoms with Crippen molar-refractivity contribution in [1.82, 2.24) is 15.0 Å². The quantitative estimate of drug-likeness (QED) is 0.676. The number of aromatic nitrogens is 3. The number of fused-ring (bicyclic) bond motifs is 1. The van der Waals surface area contributed by atoms with Gasteiger partial charge in [-0.2, -0.15) is 0 Å². The van der Waals surface area contributed by atoms with Crippen LogP contribution in [0.25, 0.3) is 22.2 Å². The molecule has 0 unspecified atom stereocenters. The van der Waals surface area contributed by atoms with Crippen LogP contribution in [0.2, 0.25) is 5.02 Å². The third kappa shape index (κ3) is 2.18. The Kier molecular flexibility index (Phi) is 2.93. The molecule has 0 saturated carbocycles. The van der Waals surface area contributed by atoms with E-state index in [0.29, 0.717) is 16.1 Å². The maximum Gasteiger partial charge on any atom is 0.261 e. The number of rotatable bonds is 1. The Morgan fingerprint density at radius 1 is 1.11 bits per heavy atom. The van der Waals surface area contributed by atoms with Gasteiger partial charge in [0.15, 0.2) is 4.77 Å². The van der Waals surface area contributed by atoms with Crippen LogP contribution in [0.15, 0.2) is 41.3 Å². The van der Waals surface area contributed by atoms with E-state index in [1.165, 1.54) is 0 Å². The summed E-state index contributed by atoms with van der Waals surface area (Å²) in [7, 11) is 0. The Labute approximate surface area is 118 Å². The van der Waals surface area contributed by atoms with E-state index in [1.807, 2.05) is 12.1 Å². The van der Waals surface area contributed by atoms with Gasteiger partial charge in [0.2, 0.25) is 0 Å². The molecule has 0 bridgehead atoms. The highest BCUT2D eigenvalue weighted by atomic mass is 35.5. The largest absolute Gasteiger partial charge is 0.316 e. The molecule has 4 nitrogen and oxygen atoms in total. The standard InChI is InChI=1S/C13H8ClN3OS/c14-8-3-1-7(2-4-8)9-5-6-15-11-10(9)12(18)17-13(19)16-11/h1-6H,(H2,15,16,17,18,19). The van der Waals surface area contributed by atoms with E-state index in [0.717, 1.165) is 11.1 Å². The Bertz CT molecular complexity index is 867. The SMILES string of the molecule is O=c1[nH]c(=S)[nH]c2nccc(-c3ccc(Cl)cc3)c12. The summed E-state index contributed by atoms with van der Waals surface area (Å²) in [6, 6.07) is 9.07. The normalized spacial score (nSPS) is 10.8. The molecule has 0 spiro atoms. The van der Waals surface area contributed by atoms with Gasteiger partial charge >= 0.3 is 0 Å². The molecule has 0 saturated heterocycles. The number of halogens is 1. The minimum Gasteiger partial charge on any atom is -0.316 e. The molecular weight excluding hydrogens is 282 g/mol. The zero-order valence-corrected chi connectivity index (χ0v) is 11.2. The number of benzene rings is 1. The van der Waals surface area contributed by atoms with E-state index in [4.69, 9.17) is 23.8 Å². The predicted octanol–water partition coefficient (Wildman–Crippen LogP) is 3.30. The second-order valence-electron chi connectivity index (χ2n) is 4.00. The highest BCUT2D eigenvalue weighted by molar-refractivity contribution is 7.71. The summed E-state index contributed by atoms with van der Waals surface area (Å²) in [5, 5.41) is 1.13. The van der Waals surface area contributed by atoms with Gasteiger partial charge in [-0.25, -0.2) is 4.98 Å². The summed E-state index contributed by atoms with van der Waals surface area (Å²) < 4.78 is 0.262. The summed E-state index contributed by atoms with van der Waals surface area (Å²) in [4.78, 5) is 21.6. The molecule has 3 rings (SSSR count). The third-order valence-electron chi connectivity index (χ3n) is 2.79. The molecule has 2 N–H and O–H groups in total. The number of aromatic amines is 2. The number of nitrogens with zero attached hydrogens (tertiary/aromatic N) is 1. The average Bonchev–Trinajstić information content (AvgIpc) is 2.38. The lowest BCUT2D eigenvalue weighted by molar-refractivity contribution is 1.11. The van der Waals surface area contributed by atoms with E-state index in [9.17, 15) is 4.79 Å². The van der Waals surface area contributed by atoms with Gasteiger partial charge in [-0.3, -0.25) is 9.78 Å². The summed E-state index contributed by atoms with van der Waals surface area (Å²) in [5.41, 5.74) is 1.90. The van der Waals surface area contributed by atoms with Gasteiger partial charge in [-0.05, 0) is 41.5 Å². The van der Waals surface area contributed by atoms with Crippen LogP contribution in [0.4, 0.5) is 0 Å². The molecule has 3 aromatic rings. The molecule has 0 aliphatic heterocycles. The van der Waals surface area contributed by atoms with Crippen molar-refractivity contribution < 1.29 is 0 Å². The topological polar surface area (TPSA) is 61.5 Å². The van der Waals surface area contributed by atoms with Crippen LogP contribution in [0.3, 0.4) is 0 Å².